The van der Waals surface area contributed by atoms with Crippen molar-refractivity contribution in [1.29, 1.82) is 0 Å². The molecule has 0 unspecified atom stereocenters. The molecule has 1 fully saturated rings. The smallest absolute Gasteiger partial charge is 0.232 e. The quantitative estimate of drug-likeness (QED) is 0.627. The van der Waals surface area contributed by atoms with Crippen molar-refractivity contribution in [3.05, 3.63) is 0 Å². The van der Waals surface area contributed by atoms with Gasteiger partial charge in [-0.25, -0.2) is 0 Å². The number of β-amino-alcohol motifs (C(OH)–C–C–N with tert-alkyl or cyclic N) is 1. The largest absolute Gasteiger partial charge is 0.395 e. The Morgan fingerprint density at radius 2 is 2.06 bits per heavy atom. The Balaban J connectivity index is 2.12. The van der Waals surface area contributed by atoms with Crippen molar-refractivity contribution >= 4 is 17.7 Å². The molecule has 6 heteroatoms. The highest BCUT2D eigenvalue weighted by Gasteiger charge is 2.20. The maximum atomic E-state index is 11.8. The summed E-state index contributed by atoms with van der Waals surface area (Å²) in [5.74, 6) is 1.63. The van der Waals surface area contributed by atoms with Gasteiger partial charge in [-0.15, -0.1) is 11.8 Å². The molecule has 1 rings (SSSR count). The van der Waals surface area contributed by atoms with Gasteiger partial charge in [-0.05, 0) is 0 Å². The molecular formula is C11H22N2O3S. The lowest BCUT2D eigenvalue weighted by molar-refractivity contribution is -0.130. The summed E-state index contributed by atoms with van der Waals surface area (Å²) in [6.45, 7) is 4.91. The van der Waals surface area contributed by atoms with E-state index in [2.05, 4.69) is 4.90 Å². The molecule has 100 valence electrons. The van der Waals surface area contributed by atoms with Crippen LogP contribution in [0.3, 0.4) is 0 Å². The Kier molecular flexibility index (Phi) is 7.59. The zero-order valence-electron chi connectivity index (χ0n) is 10.4. The summed E-state index contributed by atoms with van der Waals surface area (Å²) in [7, 11) is 1.67. The average molecular weight is 262 g/mol. The number of amides is 1. The number of thioether (sulfide) groups is 1. The van der Waals surface area contributed by atoms with Crippen LogP contribution in [0.2, 0.25) is 0 Å². The van der Waals surface area contributed by atoms with E-state index in [0.29, 0.717) is 18.9 Å². The van der Waals surface area contributed by atoms with Crippen molar-refractivity contribution in [2.75, 3.05) is 64.6 Å². The first kappa shape index (κ1) is 14.8. The van der Waals surface area contributed by atoms with Crippen LogP contribution < -0.4 is 0 Å². The van der Waals surface area contributed by atoms with Crippen LogP contribution >= 0.6 is 11.8 Å². The second kappa shape index (κ2) is 8.74. The maximum absolute atomic E-state index is 11.8. The van der Waals surface area contributed by atoms with Gasteiger partial charge in [-0.1, -0.05) is 0 Å². The normalized spacial score (nSPS) is 17.4. The van der Waals surface area contributed by atoms with E-state index in [1.54, 1.807) is 18.9 Å². The van der Waals surface area contributed by atoms with Crippen LogP contribution in [0.15, 0.2) is 0 Å². The molecule has 1 N–H and O–H groups in total. The van der Waals surface area contributed by atoms with Crippen LogP contribution in [0.4, 0.5) is 0 Å². The topological polar surface area (TPSA) is 53.0 Å². The molecule has 5 nitrogen and oxygen atoms in total. The Bertz CT molecular complexity index is 221. The third kappa shape index (κ3) is 5.72. The number of aliphatic hydroxyl groups excluding tert-OH is 1. The minimum absolute atomic E-state index is 0.195. The van der Waals surface area contributed by atoms with Gasteiger partial charge in [0, 0.05) is 45.6 Å². The molecule has 0 atom stereocenters. The standard InChI is InChI=1S/C11H22N2O3S/c1-16-8-9-17-10-11(15)13-4-2-12(3-5-13)6-7-14/h14H,2-10H2,1H3. The van der Waals surface area contributed by atoms with Crippen LogP contribution in [-0.2, 0) is 9.53 Å². The molecule has 1 aliphatic heterocycles. The van der Waals surface area contributed by atoms with E-state index in [4.69, 9.17) is 9.84 Å². The van der Waals surface area contributed by atoms with E-state index in [0.717, 1.165) is 31.9 Å². The SMILES string of the molecule is COCCSCC(=O)N1CCN(CCO)CC1. The number of rotatable bonds is 7. The number of hydrogen-bond donors (Lipinski definition) is 1. The molecular weight excluding hydrogens is 240 g/mol. The molecule has 0 bridgehead atoms. The third-order valence-corrected chi connectivity index (χ3v) is 3.70. The fourth-order valence-electron chi connectivity index (χ4n) is 1.76. The van der Waals surface area contributed by atoms with Gasteiger partial charge < -0.3 is 14.7 Å². The molecule has 0 aromatic heterocycles. The minimum atomic E-state index is 0.195. The number of nitrogens with zero attached hydrogens (tertiary/aromatic N) is 2. The third-order valence-electron chi connectivity index (χ3n) is 2.80. The van der Waals surface area contributed by atoms with Gasteiger partial charge in [0.1, 0.15) is 0 Å². The first-order valence-corrected chi connectivity index (χ1v) is 7.11. The van der Waals surface area contributed by atoms with Crippen LogP contribution in [0, 0.1) is 0 Å². The van der Waals surface area contributed by atoms with Crippen LogP contribution in [0.25, 0.3) is 0 Å². The maximum Gasteiger partial charge on any atom is 0.232 e. The summed E-state index contributed by atoms with van der Waals surface area (Å²) in [6.07, 6.45) is 0. The Morgan fingerprint density at radius 1 is 1.35 bits per heavy atom. The summed E-state index contributed by atoms with van der Waals surface area (Å²) >= 11 is 1.62. The van der Waals surface area contributed by atoms with Gasteiger partial charge >= 0.3 is 0 Å². The van der Waals surface area contributed by atoms with Crippen molar-refractivity contribution in [1.82, 2.24) is 9.80 Å². The molecule has 0 saturated carbocycles. The van der Waals surface area contributed by atoms with Crippen molar-refractivity contribution in [3.63, 3.8) is 0 Å². The lowest BCUT2D eigenvalue weighted by Gasteiger charge is -2.34. The second-order valence-electron chi connectivity index (χ2n) is 3.99. The molecule has 17 heavy (non-hydrogen) atoms. The zero-order valence-corrected chi connectivity index (χ0v) is 11.2. The Morgan fingerprint density at radius 3 is 2.65 bits per heavy atom. The van der Waals surface area contributed by atoms with Gasteiger partial charge in [0.2, 0.25) is 5.91 Å². The fraction of sp³-hybridized carbons (Fsp3) is 0.909. The monoisotopic (exact) mass is 262 g/mol. The van der Waals surface area contributed by atoms with E-state index in [-0.39, 0.29) is 12.5 Å². The summed E-state index contributed by atoms with van der Waals surface area (Å²) in [6, 6.07) is 0. The molecule has 1 amide bonds. The van der Waals surface area contributed by atoms with Crippen molar-refractivity contribution < 1.29 is 14.6 Å². The zero-order chi connectivity index (χ0) is 12.5. The summed E-state index contributed by atoms with van der Waals surface area (Å²) in [5.41, 5.74) is 0. The van der Waals surface area contributed by atoms with Crippen molar-refractivity contribution in [3.8, 4) is 0 Å². The molecule has 0 aromatic rings. The predicted molar refractivity (Wildman–Crippen MR) is 69.3 cm³/mol. The Hall–Kier alpha value is -0.300. The Labute approximate surface area is 107 Å². The van der Waals surface area contributed by atoms with E-state index in [1.165, 1.54) is 0 Å². The molecule has 0 aliphatic carbocycles. The highest BCUT2D eigenvalue weighted by Crippen LogP contribution is 2.06. The number of carbonyl (C=O) groups excluding carboxylic acids is 1. The summed E-state index contributed by atoms with van der Waals surface area (Å²) in [4.78, 5) is 15.9. The van der Waals surface area contributed by atoms with Crippen LogP contribution in [0.5, 0.6) is 0 Å². The molecule has 0 spiro atoms. The lowest BCUT2D eigenvalue weighted by Crippen LogP contribution is -2.49. The minimum Gasteiger partial charge on any atom is -0.395 e. The van der Waals surface area contributed by atoms with E-state index in [1.807, 2.05) is 4.90 Å². The van der Waals surface area contributed by atoms with E-state index >= 15 is 0 Å². The van der Waals surface area contributed by atoms with Crippen molar-refractivity contribution in [2.45, 2.75) is 0 Å². The number of ether oxygens (including phenoxy) is 1. The highest BCUT2D eigenvalue weighted by atomic mass is 32.2. The first-order chi connectivity index (χ1) is 8.27. The number of piperazine rings is 1. The van der Waals surface area contributed by atoms with Gasteiger partial charge in [0.15, 0.2) is 0 Å². The predicted octanol–water partition coefficient (Wildman–Crippen LogP) is -0.497. The lowest BCUT2D eigenvalue weighted by atomic mass is 10.3. The number of methoxy groups -OCH3 is 1. The van der Waals surface area contributed by atoms with Gasteiger partial charge in [-0.2, -0.15) is 0 Å². The van der Waals surface area contributed by atoms with E-state index < -0.39 is 0 Å². The summed E-state index contributed by atoms with van der Waals surface area (Å²) < 4.78 is 4.93. The average Bonchev–Trinajstić information content (AvgIpc) is 2.36. The molecule has 1 aliphatic rings. The summed E-state index contributed by atoms with van der Waals surface area (Å²) in [5, 5.41) is 8.82. The van der Waals surface area contributed by atoms with Gasteiger partial charge in [0.05, 0.1) is 19.0 Å². The highest BCUT2D eigenvalue weighted by molar-refractivity contribution is 7.99. The van der Waals surface area contributed by atoms with Gasteiger partial charge in [-0.3, -0.25) is 9.69 Å². The second-order valence-corrected chi connectivity index (χ2v) is 5.10. The number of hydrogen-bond acceptors (Lipinski definition) is 5. The fourth-order valence-corrected chi connectivity index (χ4v) is 2.54. The number of aliphatic hydroxyl groups is 1. The number of carbonyl (C=O) groups is 1. The first-order valence-electron chi connectivity index (χ1n) is 5.95. The molecule has 0 radical (unpaired) electrons. The van der Waals surface area contributed by atoms with Crippen LogP contribution in [0.1, 0.15) is 0 Å². The van der Waals surface area contributed by atoms with Gasteiger partial charge in [0.25, 0.3) is 0 Å². The van der Waals surface area contributed by atoms with Crippen LogP contribution in [-0.4, -0.2) is 85.4 Å². The molecule has 1 saturated heterocycles. The van der Waals surface area contributed by atoms with Crippen molar-refractivity contribution in [2.24, 2.45) is 0 Å². The molecule has 1 heterocycles. The molecule has 0 aromatic carbocycles. The van der Waals surface area contributed by atoms with E-state index in [9.17, 15) is 4.79 Å².